The van der Waals surface area contributed by atoms with Crippen molar-refractivity contribution in [1.29, 1.82) is 0 Å². The Morgan fingerprint density at radius 3 is 2.08 bits per heavy atom. The van der Waals surface area contributed by atoms with Crippen molar-refractivity contribution in [3.8, 4) is 0 Å². The van der Waals surface area contributed by atoms with Gasteiger partial charge in [0.05, 0.1) is 23.3 Å². The highest BCUT2D eigenvalue weighted by Gasteiger charge is 2.44. The van der Waals surface area contributed by atoms with Gasteiger partial charge in [0.2, 0.25) is 0 Å². The van der Waals surface area contributed by atoms with Crippen LogP contribution in [-0.2, 0) is 21.9 Å². The number of hydrogen-bond donors (Lipinski definition) is 2. The highest BCUT2D eigenvalue weighted by molar-refractivity contribution is 5.78. The summed E-state index contributed by atoms with van der Waals surface area (Å²) in [6, 6.07) is 7.14. The van der Waals surface area contributed by atoms with Crippen molar-refractivity contribution in [2.75, 3.05) is 6.54 Å². The molecule has 0 aromatic heterocycles. The molecule has 2 aliphatic carbocycles. The average Bonchev–Trinajstić information content (AvgIpc) is 3.29. The second-order valence-corrected chi connectivity index (χ2v) is 10.9. The second kappa shape index (κ2) is 11.7. The molecule has 0 radical (unpaired) electrons. The summed E-state index contributed by atoms with van der Waals surface area (Å²) in [4.78, 5) is 12.1. The Kier molecular flexibility index (Phi) is 8.85. The number of alkyl halides is 6. The summed E-state index contributed by atoms with van der Waals surface area (Å²) in [5.74, 6) is -1.90. The van der Waals surface area contributed by atoms with Gasteiger partial charge in [0.25, 0.3) is 0 Å². The van der Waals surface area contributed by atoms with Crippen LogP contribution in [0.15, 0.2) is 42.5 Å². The molecule has 2 aromatic rings. The number of rotatable bonds is 8. The third kappa shape index (κ3) is 6.79. The second-order valence-electron chi connectivity index (χ2n) is 10.9. The molecule has 0 heterocycles. The molecule has 4 rings (SSSR count). The van der Waals surface area contributed by atoms with Crippen molar-refractivity contribution < 1.29 is 45.4 Å². The summed E-state index contributed by atoms with van der Waals surface area (Å²) in [6.45, 7) is 1.73. The van der Waals surface area contributed by atoms with E-state index in [4.69, 9.17) is 4.74 Å². The fourth-order valence-corrected chi connectivity index (χ4v) is 6.10. The maximum absolute atomic E-state index is 13.7. The van der Waals surface area contributed by atoms with Crippen LogP contribution >= 0.6 is 0 Å². The van der Waals surface area contributed by atoms with Crippen molar-refractivity contribution in [2.45, 2.75) is 87.9 Å². The molecule has 4 atom stereocenters. The van der Waals surface area contributed by atoms with E-state index < -0.39 is 53.0 Å². The van der Waals surface area contributed by atoms with Crippen LogP contribution < -0.4 is 5.32 Å². The number of carboxylic acid groups (broad SMARTS) is 1. The van der Waals surface area contributed by atoms with Gasteiger partial charge in [-0.25, -0.2) is 4.39 Å². The normalized spacial score (nSPS) is 24.1. The van der Waals surface area contributed by atoms with Gasteiger partial charge in [-0.15, -0.1) is 0 Å². The van der Waals surface area contributed by atoms with Gasteiger partial charge in [-0.3, -0.25) is 4.79 Å². The zero-order chi connectivity index (χ0) is 29.3. The van der Waals surface area contributed by atoms with E-state index >= 15 is 0 Å². The first-order chi connectivity index (χ1) is 18.7. The lowest BCUT2D eigenvalue weighted by Gasteiger charge is -2.36. The van der Waals surface area contributed by atoms with Crippen molar-refractivity contribution in [1.82, 2.24) is 5.32 Å². The van der Waals surface area contributed by atoms with Gasteiger partial charge >= 0.3 is 18.3 Å². The third-order valence-corrected chi connectivity index (χ3v) is 8.26. The predicted octanol–water partition coefficient (Wildman–Crippen LogP) is 7.88. The fraction of sp³-hybridized carbons (Fsp3) is 0.552. The number of ether oxygens (including phenoxy) is 1. The summed E-state index contributed by atoms with van der Waals surface area (Å²) >= 11 is 0. The van der Waals surface area contributed by atoms with Gasteiger partial charge in [0, 0.05) is 5.92 Å². The van der Waals surface area contributed by atoms with Gasteiger partial charge in [0.1, 0.15) is 11.4 Å². The molecule has 0 spiro atoms. The largest absolute Gasteiger partial charge is 0.480 e. The summed E-state index contributed by atoms with van der Waals surface area (Å²) in [5.41, 5.74) is -3.43. The molecule has 0 bridgehead atoms. The molecule has 2 fully saturated rings. The van der Waals surface area contributed by atoms with Crippen LogP contribution in [-0.4, -0.2) is 29.3 Å². The fourth-order valence-electron chi connectivity index (χ4n) is 6.10. The minimum Gasteiger partial charge on any atom is -0.480 e. The van der Waals surface area contributed by atoms with Crippen LogP contribution in [0.5, 0.6) is 0 Å². The molecule has 2 saturated carbocycles. The summed E-state index contributed by atoms with van der Waals surface area (Å²) in [7, 11) is 0. The number of aliphatic carboxylic acids is 1. The molecule has 0 aliphatic heterocycles. The number of benzene rings is 2. The van der Waals surface area contributed by atoms with Crippen molar-refractivity contribution in [3.05, 3.63) is 70.5 Å². The molecule has 220 valence electrons. The van der Waals surface area contributed by atoms with Gasteiger partial charge in [0.15, 0.2) is 0 Å². The number of hydrogen-bond acceptors (Lipinski definition) is 3. The van der Waals surface area contributed by atoms with Crippen LogP contribution in [0, 0.1) is 11.7 Å². The molecule has 0 saturated heterocycles. The van der Waals surface area contributed by atoms with E-state index in [2.05, 4.69) is 5.32 Å². The van der Waals surface area contributed by atoms with Crippen molar-refractivity contribution >= 4 is 5.97 Å². The number of carboxylic acids is 1. The monoisotopic (exact) mass is 575 g/mol. The molecular formula is C29H32F7NO3. The van der Waals surface area contributed by atoms with E-state index in [0.717, 1.165) is 19.3 Å². The van der Waals surface area contributed by atoms with E-state index in [0.29, 0.717) is 49.9 Å². The Hall–Kier alpha value is -2.66. The Morgan fingerprint density at radius 2 is 1.55 bits per heavy atom. The SMILES string of the molecule is C[C@@H](O[C@H]1CC[C@@H](CNC2(C(=O)O)CCCCC2)[C@@H]1c1ccc(F)cc1)c1cc(C(F)(F)F)cc(C(F)(F)F)c1. The number of carbonyl (C=O) groups is 1. The number of halogens is 7. The zero-order valence-electron chi connectivity index (χ0n) is 21.9. The molecule has 4 nitrogen and oxygen atoms in total. The lowest BCUT2D eigenvalue weighted by Crippen LogP contribution is -2.54. The highest BCUT2D eigenvalue weighted by Crippen LogP contribution is 2.45. The minimum atomic E-state index is -4.98. The zero-order valence-corrected chi connectivity index (χ0v) is 21.9. The summed E-state index contributed by atoms with van der Waals surface area (Å²) in [6.07, 6.45) is -7.12. The van der Waals surface area contributed by atoms with Crippen LogP contribution in [0.1, 0.15) is 86.1 Å². The van der Waals surface area contributed by atoms with E-state index in [-0.39, 0.29) is 23.5 Å². The minimum absolute atomic E-state index is 0.0817. The molecule has 2 aromatic carbocycles. The van der Waals surface area contributed by atoms with Crippen LogP contribution in [0.25, 0.3) is 0 Å². The Labute approximate surface area is 227 Å². The molecule has 2 aliphatic rings. The van der Waals surface area contributed by atoms with E-state index in [1.807, 2.05) is 0 Å². The number of nitrogens with one attached hydrogen (secondary N) is 1. The first-order valence-corrected chi connectivity index (χ1v) is 13.4. The molecule has 40 heavy (non-hydrogen) atoms. The van der Waals surface area contributed by atoms with Gasteiger partial charge in [-0.2, -0.15) is 26.3 Å². The van der Waals surface area contributed by atoms with E-state index in [1.54, 1.807) is 12.1 Å². The predicted molar refractivity (Wildman–Crippen MR) is 133 cm³/mol. The quantitative estimate of drug-likeness (QED) is 0.315. The smallest absolute Gasteiger partial charge is 0.416 e. The van der Waals surface area contributed by atoms with Crippen molar-refractivity contribution in [3.63, 3.8) is 0 Å². The molecule has 11 heteroatoms. The van der Waals surface area contributed by atoms with Gasteiger partial charge in [-0.05, 0) is 86.5 Å². The lowest BCUT2D eigenvalue weighted by molar-refractivity contribution is -0.146. The van der Waals surface area contributed by atoms with Gasteiger partial charge < -0.3 is 15.2 Å². The molecule has 0 amide bonds. The third-order valence-electron chi connectivity index (χ3n) is 8.26. The van der Waals surface area contributed by atoms with E-state index in [9.17, 15) is 40.6 Å². The van der Waals surface area contributed by atoms with Crippen LogP contribution in [0.3, 0.4) is 0 Å². The maximum atomic E-state index is 13.7. The lowest BCUT2D eigenvalue weighted by atomic mass is 9.80. The molecule has 2 N–H and O–H groups in total. The van der Waals surface area contributed by atoms with Crippen LogP contribution in [0.4, 0.5) is 30.7 Å². The average molecular weight is 576 g/mol. The maximum Gasteiger partial charge on any atom is 0.416 e. The highest BCUT2D eigenvalue weighted by atomic mass is 19.4. The topological polar surface area (TPSA) is 58.6 Å². The Bertz CT molecular complexity index is 1140. The first kappa shape index (κ1) is 30.3. The van der Waals surface area contributed by atoms with Crippen molar-refractivity contribution in [2.24, 2.45) is 5.92 Å². The molecule has 0 unspecified atom stereocenters. The molecular weight excluding hydrogens is 543 g/mol. The summed E-state index contributed by atoms with van der Waals surface area (Å²) in [5, 5.41) is 13.2. The first-order valence-electron chi connectivity index (χ1n) is 13.4. The van der Waals surface area contributed by atoms with E-state index in [1.165, 1.54) is 19.1 Å². The van der Waals surface area contributed by atoms with Gasteiger partial charge in [-0.1, -0.05) is 31.4 Å². The summed E-state index contributed by atoms with van der Waals surface area (Å²) < 4.78 is 100. The van der Waals surface area contributed by atoms with Crippen LogP contribution in [0.2, 0.25) is 0 Å². The Balaban J connectivity index is 1.59. The standard InChI is InChI=1S/C29H32F7NO3/c1-17(20-13-21(28(31,32)33)15-22(14-20)29(34,35)36)40-24-10-7-19(25(24)18-5-8-23(30)9-6-18)16-37-27(26(38)39)11-3-2-4-12-27/h5-6,8-9,13-15,17,19,24-25,37H,2-4,7,10-12,16H2,1H3,(H,38,39)/t17-,19+,24+,25+/m1/s1. The Morgan fingerprint density at radius 1 is 0.975 bits per heavy atom.